The minimum absolute atomic E-state index is 0.0145. The Bertz CT molecular complexity index is 511. The molecule has 1 unspecified atom stereocenters. The van der Waals surface area contributed by atoms with Gasteiger partial charge in [0.2, 0.25) is 0 Å². The van der Waals surface area contributed by atoms with E-state index in [9.17, 15) is 0 Å². The van der Waals surface area contributed by atoms with E-state index in [1.54, 1.807) is 29.5 Å². The van der Waals surface area contributed by atoms with Gasteiger partial charge in [0.15, 0.2) is 0 Å². The second-order valence-corrected chi connectivity index (χ2v) is 3.75. The third-order valence-corrected chi connectivity index (χ3v) is 2.54. The lowest BCUT2D eigenvalue weighted by Crippen LogP contribution is -2.11. The van der Waals surface area contributed by atoms with Crippen LogP contribution in [0.2, 0.25) is 0 Å². The molecule has 0 spiro atoms. The highest BCUT2D eigenvalue weighted by molar-refractivity contribution is 5.31. The van der Waals surface area contributed by atoms with Gasteiger partial charge in [-0.3, -0.25) is 9.67 Å². The first-order valence-corrected chi connectivity index (χ1v) is 5.38. The van der Waals surface area contributed by atoms with Crippen LogP contribution in [0.5, 0.6) is 0 Å². The fourth-order valence-corrected chi connectivity index (χ4v) is 1.75. The zero-order chi connectivity index (χ0) is 12.1. The van der Waals surface area contributed by atoms with Crippen LogP contribution in [0, 0.1) is 11.3 Å². The van der Waals surface area contributed by atoms with Crippen LogP contribution in [-0.4, -0.2) is 14.8 Å². The van der Waals surface area contributed by atoms with Crippen LogP contribution < -0.4 is 5.73 Å². The van der Waals surface area contributed by atoms with E-state index in [4.69, 9.17) is 11.0 Å². The highest BCUT2D eigenvalue weighted by Gasteiger charge is 2.14. The summed E-state index contributed by atoms with van der Waals surface area (Å²) in [5, 5.41) is 12.9. The number of nitrogen functional groups attached to an aromatic ring is 1. The maximum Gasteiger partial charge on any atom is 0.0794 e. The standard InChI is InChI=1S/C12H13N5/c13-5-1-4-12(10-3-2-6-15-7-10)17-9-11(14)8-16-17/h2-3,6-9,12H,1,4,14H2. The van der Waals surface area contributed by atoms with Gasteiger partial charge in [-0.15, -0.1) is 0 Å². The Kier molecular flexibility index (Phi) is 3.36. The molecule has 0 amide bonds. The third kappa shape index (κ3) is 2.61. The SMILES string of the molecule is N#CCCC(c1cccnc1)n1cc(N)cn1. The summed E-state index contributed by atoms with van der Waals surface area (Å²) in [6.07, 6.45) is 8.07. The molecule has 5 nitrogen and oxygen atoms in total. The van der Waals surface area contributed by atoms with E-state index in [2.05, 4.69) is 16.2 Å². The first kappa shape index (κ1) is 11.1. The van der Waals surface area contributed by atoms with Gasteiger partial charge in [-0.05, 0) is 18.1 Å². The number of nitrogens with zero attached hydrogens (tertiary/aromatic N) is 4. The Balaban J connectivity index is 2.29. The lowest BCUT2D eigenvalue weighted by molar-refractivity contribution is 0.494. The second-order valence-electron chi connectivity index (χ2n) is 3.75. The quantitative estimate of drug-likeness (QED) is 0.862. The van der Waals surface area contributed by atoms with E-state index >= 15 is 0 Å². The summed E-state index contributed by atoms with van der Waals surface area (Å²) in [4.78, 5) is 4.09. The molecule has 0 saturated carbocycles. The van der Waals surface area contributed by atoms with Gasteiger partial charge in [-0.25, -0.2) is 0 Å². The number of aromatic nitrogens is 3. The maximum atomic E-state index is 8.69. The average Bonchev–Trinajstić information content (AvgIpc) is 2.78. The Morgan fingerprint density at radius 3 is 2.94 bits per heavy atom. The van der Waals surface area contributed by atoms with Gasteiger partial charge < -0.3 is 5.73 Å². The summed E-state index contributed by atoms with van der Waals surface area (Å²) >= 11 is 0. The molecule has 0 bridgehead atoms. The highest BCUT2D eigenvalue weighted by Crippen LogP contribution is 2.22. The molecule has 2 aromatic rings. The zero-order valence-electron chi connectivity index (χ0n) is 9.32. The molecular weight excluding hydrogens is 214 g/mol. The van der Waals surface area contributed by atoms with Crippen molar-refractivity contribution in [1.82, 2.24) is 14.8 Å². The smallest absolute Gasteiger partial charge is 0.0794 e. The van der Waals surface area contributed by atoms with E-state index in [0.717, 1.165) is 5.56 Å². The predicted molar refractivity (Wildman–Crippen MR) is 63.9 cm³/mol. The fraction of sp³-hybridized carbons (Fsp3) is 0.250. The van der Waals surface area contributed by atoms with Crippen molar-refractivity contribution in [3.05, 3.63) is 42.5 Å². The molecule has 0 aliphatic rings. The van der Waals surface area contributed by atoms with Gasteiger partial charge in [0.25, 0.3) is 0 Å². The molecule has 2 rings (SSSR count). The lowest BCUT2D eigenvalue weighted by atomic mass is 10.0. The van der Waals surface area contributed by atoms with Crippen molar-refractivity contribution in [1.29, 1.82) is 5.26 Å². The first-order valence-electron chi connectivity index (χ1n) is 5.38. The van der Waals surface area contributed by atoms with E-state index in [1.807, 2.05) is 12.1 Å². The third-order valence-electron chi connectivity index (χ3n) is 2.54. The van der Waals surface area contributed by atoms with Crippen LogP contribution in [-0.2, 0) is 0 Å². The van der Waals surface area contributed by atoms with Gasteiger partial charge in [0.1, 0.15) is 0 Å². The molecule has 0 fully saturated rings. The number of anilines is 1. The summed E-state index contributed by atoms with van der Waals surface area (Å²) in [5.74, 6) is 0. The number of hydrogen-bond donors (Lipinski definition) is 1. The summed E-state index contributed by atoms with van der Waals surface area (Å²) in [6, 6.07) is 6.02. The Labute approximate surface area is 99.5 Å². The summed E-state index contributed by atoms with van der Waals surface area (Å²) in [5.41, 5.74) is 7.31. The van der Waals surface area contributed by atoms with Crippen LogP contribution >= 0.6 is 0 Å². The lowest BCUT2D eigenvalue weighted by Gasteiger charge is -2.16. The molecular formula is C12H13N5. The fourth-order valence-electron chi connectivity index (χ4n) is 1.75. The molecule has 2 aromatic heterocycles. The van der Waals surface area contributed by atoms with Gasteiger partial charge in [-0.1, -0.05) is 6.07 Å². The minimum atomic E-state index is 0.0145. The van der Waals surface area contributed by atoms with Crippen LogP contribution in [0.1, 0.15) is 24.4 Å². The van der Waals surface area contributed by atoms with Gasteiger partial charge in [0.05, 0.1) is 24.0 Å². The maximum absolute atomic E-state index is 8.69. The van der Waals surface area contributed by atoms with Crippen molar-refractivity contribution in [2.75, 3.05) is 5.73 Å². The molecule has 0 aliphatic heterocycles. The zero-order valence-corrected chi connectivity index (χ0v) is 9.32. The van der Waals surface area contributed by atoms with Crippen LogP contribution in [0.3, 0.4) is 0 Å². The number of pyridine rings is 1. The average molecular weight is 227 g/mol. The van der Waals surface area contributed by atoms with Gasteiger partial charge in [-0.2, -0.15) is 10.4 Å². The largest absolute Gasteiger partial charge is 0.396 e. The molecule has 0 aromatic carbocycles. The van der Waals surface area contributed by atoms with E-state index in [-0.39, 0.29) is 6.04 Å². The van der Waals surface area contributed by atoms with Crippen molar-refractivity contribution in [3.8, 4) is 6.07 Å². The molecule has 17 heavy (non-hydrogen) atoms. The molecule has 2 heterocycles. The molecule has 0 saturated heterocycles. The molecule has 5 heteroatoms. The molecule has 0 radical (unpaired) electrons. The number of hydrogen-bond acceptors (Lipinski definition) is 4. The number of nitrogens with two attached hydrogens (primary N) is 1. The molecule has 0 aliphatic carbocycles. The van der Waals surface area contributed by atoms with E-state index < -0.39 is 0 Å². The Morgan fingerprint density at radius 1 is 1.47 bits per heavy atom. The van der Waals surface area contributed by atoms with E-state index in [1.165, 1.54) is 0 Å². The van der Waals surface area contributed by atoms with E-state index in [0.29, 0.717) is 18.5 Å². The van der Waals surface area contributed by atoms with Gasteiger partial charge >= 0.3 is 0 Å². The van der Waals surface area contributed by atoms with Crippen LogP contribution in [0.25, 0.3) is 0 Å². The Hall–Kier alpha value is -2.35. The molecule has 1 atom stereocenters. The van der Waals surface area contributed by atoms with Crippen LogP contribution in [0.4, 0.5) is 5.69 Å². The second kappa shape index (κ2) is 5.12. The van der Waals surface area contributed by atoms with Crippen molar-refractivity contribution >= 4 is 5.69 Å². The summed E-state index contributed by atoms with van der Waals surface area (Å²) < 4.78 is 1.78. The summed E-state index contributed by atoms with van der Waals surface area (Å²) in [6.45, 7) is 0. The number of rotatable bonds is 4. The van der Waals surface area contributed by atoms with Crippen molar-refractivity contribution in [3.63, 3.8) is 0 Å². The predicted octanol–water partition coefficient (Wildman–Crippen LogP) is 1.75. The normalized spacial score (nSPS) is 11.9. The molecule has 86 valence electrons. The molecule has 2 N–H and O–H groups in total. The highest BCUT2D eigenvalue weighted by atomic mass is 15.3. The van der Waals surface area contributed by atoms with Crippen molar-refractivity contribution in [2.45, 2.75) is 18.9 Å². The van der Waals surface area contributed by atoms with Crippen molar-refractivity contribution in [2.24, 2.45) is 0 Å². The summed E-state index contributed by atoms with van der Waals surface area (Å²) in [7, 11) is 0. The van der Waals surface area contributed by atoms with Crippen molar-refractivity contribution < 1.29 is 0 Å². The Morgan fingerprint density at radius 2 is 2.35 bits per heavy atom. The first-order chi connectivity index (χ1) is 8.31. The monoisotopic (exact) mass is 227 g/mol. The number of nitriles is 1. The topological polar surface area (TPSA) is 80.5 Å². The van der Waals surface area contributed by atoms with Gasteiger partial charge in [0, 0.05) is 25.0 Å². The van der Waals surface area contributed by atoms with Crippen LogP contribution in [0.15, 0.2) is 36.9 Å². The minimum Gasteiger partial charge on any atom is -0.396 e.